The van der Waals surface area contributed by atoms with E-state index in [0.29, 0.717) is 12.1 Å². The number of hydrogen-bond acceptors (Lipinski definition) is 1. The first-order valence-corrected chi connectivity index (χ1v) is 15.9. The second kappa shape index (κ2) is 34.1. The molecular formula is C40H66BN. The molecule has 4 aromatic carbocycles. The fourth-order valence-electron chi connectivity index (χ4n) is 3.55. The van der Waals surface area contributed by atoms with Gasteiger partial charge in [0.15, 0.2) is 0 Å². The Hall–Kier alpha value is -3.10. The zero-order chi connectivity index (χ0) is 31.9. The largest absolute Gasteiger partial charge is 0.337 e. The van der Waals surface area contributed by atoms with Crippen LogP contribution in [0.2, 0.25) is 0 Å². The van der Waals surface area contributed by atoms with Gasteiger partial charge in [0.2, 0.25) is 7.41 Å². The summed E-state index contributed by atoms with van der Waals surface area (Å²) in [5, 5.41) is 0. The van der Waals surface area contributed by atoms with Crippen molar-refractivity contribution in [2.45, 2.75) is 110 Å². The summed E-state index contributed by atoms with van der Waals surface area (Å²) in [5.74, 6) is 0. The molecule has 42 heavy (non-hydrogen) atoms. The molecule has 0 heterocycles. The van der Waals surface area contributed by atoms with Crippen molar-refractivity contribution in [3.05, 3.63) is 127 Å². The van der Waals surface area contributed by atoms with Gasteiger partial charge in [0.1, 0.15) is 0 Å². The molecule has 0 aliphatic rings. The minimum absolute atomic E-state index is 0. The third kappa shape index (κ3) is 23.6. The predicted octanol–water partition coefficient (Wildman–Crippen LogP) is 11.9. The summed E-state index contributed by atoms with van der Waals surface area (Å²) in [6.07, 6.45) is 0. The number of nitrogens with zero attached hydrogens (tertiary/aromatic N) is 1. The highest BCUT2D eigenvalue weighted by Crippen LogP contribution is 2.17. The Balaban J connectivity index is -0.000000234. The van der Waals surface area contributed by atoms with Crippen LogP contribution in [0, 0.1) is 6.92 Å². The molecule has 0 aliphatic heterocycles. The highest BCUT2D eigenvalue weighted by atomic mass is 15.1. The molecule has 234 valence electrons. The zero-order valence-electron chi connectivity index (χ0n) is 28.9. The summed E-state index contributed by atoms with van der Waals surface area (Å²) >= 11 is 0. The smallest absolute Gasteiger partial charge is 0.239 e. The molecule has 0 aromatic heterocycles. The summed E-state index contributed by atoms with van der Waals surface area (Å²) in [7, 11) is 1.05. The van der Waals surface area contributed by atoms with Crippen LogP contribution < -0.4 is 5.46 Å². The third-order valence-electron chi connectivity index (χ3n) is 5.36. The standard InChI is InChI=1S/C12H20BN.C12H10.C7H8.4C2H6.CH4/c1-10(2)14(11(3)4)13-12-8-6-5-7-9-12;1-3-7-11(8-4-1)12-9-5-2-6-10-12;1-7-5-3-2-4-6-7;4*1-2;/h5-11,13H,1-4H3;1-10H;2-6H,1H3;4*1-2H3;1H4. The van der Waals surface area contributed by atoms with Gasteiger partial charge in [0.25, 0.3) is 0 Å². The Labute approximate surface area is 264 Å². The summed E-state index contributed by atoms with van der Waals surface area (Å²) in [5.41, 5.74) is 5.27. The Morgan fingerprint density at radius 3 is 0.929 bits per heavy atom. The maximum atomic E-state index is 2.50. The van der Waals surface area contributed by atoms with Crippen molar-refractivity contribution in [3.8, 4) is 11.1 Å². The van der Waals surface area contributed by atoms with Gasteiger partial charge in [0, 0.05) is 0 Å². The summed E-state index contributed by atoms with van der Waals surface area (Å²) < 4.78 is 0. The fraction of sp³-hybridized carbons (Fsp3) is 0.400. The van der Waals surface area contributed by atoms with Crippen molar-refractivity contribution in [3.63, 3.8) is 0 Å². The highest BCUT2D eigenvalue weighted by Gasteiger charge is 2.14. The van der Waals surface area contributed by atoms with E-state index < -0.39 is 0 Å². The van der Waals surface area contributed by atoms with Gasteiger partial charge >= 0.3 is 0 Å². The molecule has 0 fully saturated rings. The van der Waals surface area contributed by atoms with E-state index in [2.05, 4.69) is 130 Å². The molecule has 0 N–H and O–H groups in total. The van der Waals surface area contributed by atoms with Crippen LogP contribution in [0.25, 0.3) is 11.1 Å². The van der Waals surface area contributed by atoms with Gasteiger partial charge in [-0.2, -0.15) is 0 Å². The van der Waals surface area contributed by atoms with Crippen LogP contribution in [0.5, 0.6) is 0 Å². The van der Waals surface area contributed by atoms with Gasteiger partial charge in [-0.15, -0.1) is 0 Å². The fourth-order valence-corrected chi connectivity index (χ4v) is 3.55. The van der Waals surface area contributed by atoms with Crippen LogP contribution in [0.15, 0.2) is 121 Å². The van der Waals surface area contributed by atoms with Gasteiger partial charge in [0.05, 0.1) is 0 Å². The van der Waals surface area contributed by atoms with E-state index in [4.69, 9.17) is 0 Å². The van der Waals surface area contributed by atoms with E-state index >= 15 is 0 Å². The van der Waals surface area contributed by atoms with Gasteiger partial charge in [-0.1, -0.05) is 223 Å². The van der Waals surface area contributed by atoms with E-state index in [-0.39, 0.29) is 7.43 Å². The van der Waals surface area contributed by atoms with Crippen LogP contribution >= 0.6 is 0 Å². The summed E-state index contributed by atoms with van der Waals surface area (Å²) in [6, 6.07) is 42.9. The maximum Gasteiger partial charge on any atom is 0.239 e. The van der Waals surface area contributed by atoms with E-state index in [1.165, 1.54) is 22.2 Å². The average Bonchev–Trinajstić information content (AvgIpc) is 3.06. The molecule has 2 heteroatoms. The monoisotopic (exact) mass is 572 g/mol. The molecule has 0 amide bonds. The van der Waals surface area contributed by atoms with Gasteiger partial charge in [-0.25, -0.2) is 0 Å². The van der Waals surface area contributed by atoms with Gasteiger partial charge < -0.3 is 4.81 Å². The first-order valence-electron chi connectivity index (χ1n) is 15.9. The lowest BCUT2D eigenvalue weighted by atomic mass is 9.78. The Bertz CT molecular complexity index is 939. The van der Waals surface area contributed by atoms with E-state index in [1.807, 2.05) is 85.7 Å². The van der Waals surface area contributed by atoms with E-state index in [1.54, 1.807) is 0 Å². The third-order valence-corrected chi connectivity index (χ3v) is 5.36. The molecule has 0 radical (unpaired) electrons. The van der Waals surface area contributed by atoms with Crippen molar-refractivity contribution in [2.75, 3.05) is 0 Å². The van der Waals surface area contributed by atoms with Crippen molar-refractivity contribution < 1.29 is 0 Å². The number of rotatable bonds is 5. The van der Waals surface area contributed by atoms with Gasteiger partial charge in [-0.3, -0.25) is 0 Å². The van der Waals surface area contributed by atoms with Crippen molar-refractivity contribution >= 4 is 12.9 Å². The molecule has 0 unspecified atom stereocenters. The molecular weight excluding hydrogens is 505 g/mol. The minimum Gasteiger partial charge on any atom is -0.337 e. The topological polar surface area (TPSA) is 3.24 Å². The van der Waals surface area contributed by atoms with Crippen molar-refractivity contribution in [1.82, 2.24) is 4.81 Å². The quantitative estimate of drug-likeness (QED) is 0.215. The molecule has 0 bridgehead atoms. The summed E-state index contributed by atoms with van der Waals surface area (Å²) in [6.45, 7) is 27.1. The zero-order valence-corrected chi connectivity index (χ0v) is 28.9. The first-order chi connectivity index (χ1) is 20.0. The van der Waals surface area contributed by atoms with E-state index in [0.717, 1.165) is 7.41 Å². The number of aryl methyl sites for hydroxylation is 1. The summed E-state index contributed by atoms with van der Waals surface area (Å²) in [4.78, 5) is 2.50. The van der Waals surface area contributed by atoms with Crippen LogP contribution in [0.1, 0.15) is 96.1 Å². The van der Waals surface area contributed by atoms with E-state index in [9.17, 15) is 0 Å². The van der Waals surface area contributed by atoms with Crippen molar-refractivity contribution in [2.24, 2.45) is 0 Å². The molecule has 0 saturated heterocycles. The first kappa shape index (κ1) is 45.9. The second-order valence-electron chi connectivity index (χ2n) is 8.73. The second-order valence-corrected chi connectivity index (χ2v) is 8.73. The van der Waals surface area contributed by atoms with Crippen molar-refractivity contribution in [1.29, 1.82) is 0 Å². The van der Waals surface area contributed by atoms with Crippen LogP contribution in [-0.2, 0) is 0 Å². The molecule has 0 aliphatic carbocycles. The van der Waals surface area contributed by atoms with Crippen LogP contribution in [0.3, 0.4) is 0 Å². The van der Waals surface area contributed by atoms with Gasteiger partial charge in [-0.05, 0) is 30.1 Å². The molecule has 4 aromatic rings. The highest BCUT2D eigenvalue weighted by molar-refractivity contribution is 6.50. The SMILES string of the molecule is C.CC.CC.CC.CC.CC(C)N(Bc1ccccc1)C(C)C.Cc1ccccc1.c1ccc(-c2ccccc2)cc1. The average molecular weight is 572 g/mol. The molecule has 0 spiro atoms. The lowest BCUT2D eigenvalue weighted by Gasteiger charge is -2.30. The number of hydrogen-bond donors (Lipinski definition) is 0. The lowest BCUT2D eigenvalue weighted by molar-refractivity contribution is 0.315. The molecule has 4 rings (SSSR count). The Morgan fingerprint density at radius 1 is 0.429 bits per heavy atom. The molecule has 1 nitrogen and oxygen atoms in total. The predicted molar refractivity (Wildman–Crippen MR) is 201 cm³/mol. The lowest BCUT2D eigenvalue weighted by Crippen LogP contribution is -2.44. The molecule has 0 atom stereocenters. The molecule has 0 saturated carbocycles. The maximum absolute atomic E-state index is 2.50. The Kier molecular flexibility index (Phi) is 37.3. The Morgan fingerprint density at radius 2 is 0.690 bits per heavy atom. The normalized spacial score (nSPS) is 8.57. The van der Waals surface area contributed by atoms with Crippen LogP contribution in [0.4, 0.5) is 0 Å². The number of benzene rings is 4. The minimum atomic E-state index is 0. The van der Waals surface area contributed by atoms with Crippen LogP contribution in [-0.4, -0.2) is 24.3 Å².